The maximum atomic E-state index is 9.89. The van der Waals surface area contributed by atoms with Crippen molar-refractivity contribution in [3.63, 3.8) is 0 Å². The molecule has 1 aromatic carbocycles. The fraction of sp³-hybridized carbons (Fsp3) is 0.571. The fourth-order valence-electron chi connectivity index (χ4n) is 2.22. The van der Waals surface area contributed by atoms with Gasteiger partial charge in [0.2, 0.25) is 0 Å². The van der Waals surface area contributed by atoms with Crippen molar-refractivity contribution in [1.82, 2.24) is 0 Å². The van der Waals surface area contributed by atoms with Crippen LogP contribution in [0.5, 0.6) is 11.5 Å². The number of hydrogen-bond donors (Lipinski definition) is 2. The van der Waals surface area contributed by atoms with E-state index in [2.05, 4.69) is 0 Å². The van der Waals surface area contributed by atoms with Crippen molar-refractivity contribution in [3.8, 4) is 11.5 Å². The minimum Gasteiger partial charge on any atom is -0.492 e. The first-order chi connectivity index (χ1) is 9.26. The van der Waals surface area contributed by atoms with Gasteiger partial charge in [0, 0.05) is 18.7 Å². The van der Waals surface area contributed by atoms with E-state index in [1.165, 1.54) is 0 Å². The van der Waals surface area contributed by atoms with Gasteiger partial charge in [-0.3, -0.25) is 0 Å². The molecule has 0 amide bonds. The molecule has 106 valence electrons. The fourth-order valence-corrected chi connectivity index (χ4v) is 2.22. The number of ether oxygens (including phenoxy) is 3. The largest absolute Gasteiger partial charge is 0.492 e. The smallest absolute Gasteiger partial charge is 0.166 e. The Bertz CT molecular complexity index is 404. The zero-order valence-corrected chi connectivity index (χ0v) is 11.2. The lowest BCUT2D eigenvalue weighted by molar-refractivity contribution is 0.00626. The number of aliphatic hydroxyl groups excluding tert-OH is 1. The summed E-state index contributed by atoms with van der Waals surface area (Å²) < 4.78 is 16.7. The number of rotatable bonds is 5. The molecule has 2 atom stereocenters. The summed E-state index contributed by atoms with van der Waals surface area (Å²) in [5.41, 5.74) is 6.15. The molecule has 1 heterocycles. The van der Waals surface area contributed by atoms with E-state index in [4.69, 9.17) is 19.9 Å². The summed E-state index contributed by atoms with van der Waals surface area (Å²) in [4.78, 5) is 0. The van der Waals surface area contributed by atoms with Crippen LogP contribution in [-0.4, -0.2) is 38.1 Å². The van der Waals surface area contributed by atoms with E-state index >= 15 is 0 Å². The molecule has 1 fully saturated rings. The Morgan fingerprint density at radius 1 is 1.53 bits per heavy atom. The Labute approximate surface area is 113 Å². The average Bonchev–Trinajstić information content (AvgIpc) is 2.47. The van der Waals surface area contributed by atoms with E-state index < -0.39 is 6.10 Å². The molecule has 2 rings (SSSR count). The van der Waals surface area contributed by atoms with E-state index in [0.717, 1.165) is 19.4 Å². The van der Waals surface area contributed by atoms with Crippen molar-refractivity contribution in [1.29, 1.82) is 0 Å². The topological polar surface area (TPSA) is 73.9 Å². The van der Waals surface area contributed by atoms with Crippen LogP contribution in [0.4, 0.5) is 0 Å². The molecule has 0 bridgehead atoms. The molecule has 3 N–H and O–H groups in total. The molecule has 0 radical (unpaired) electrons. The van der Waals surface area contributed by atoms with Gasteiger partial charge >= 0.3 is 0 Å². The molecule has 0 aliphatic carbocycles. The van der Waals surface area contributed by atoms with Crippen molar-refractivity contribution in [2.24, 2.45) is 5.73 Å². The molecule has 5 heteroatoms. The van der Waals surface area contributed by atoms with Crippen molar-refractivity contribution >= 4 is 0 Å². The second-order valence-electron chi connectivity index (χ2n) is 4.59. The van der Waals surface area contributed by atoms with Gasteiger partial charge in [0.05, 0.1) is 19.8 Å². The quantitative estimate of drug-likeness (QED) is 0.839. The van der Waals surface area contributed by atoms with Gasteiger partial charge in [-0.05, 0) is 18.9 Å². The molecular weight excluding hydrogens is 246 g/mol. The number of aliphatic hydroxyl groups is 1. The van der Waals surface area contributed by atoms with Gasteiger partial charge in [-0.1, -0.05) is 12.1 Å². The monoisotopic (exact) mass is 267 g/mol. The summed E-state index contributed by atoms with van der Waals surface area (Å²) in [6.45, 7) is 1.53. The molecule has 0 spiro atoms. The van der Waals surface area contributed by atoms with Crippen LogP contribution in [0.2, 0.25) is 0 Å². The van der Waals surface area contributed by atoms with Crippen LogP contribution < -0.4 is 15.2 Å². The van der Waals surface area contributed by atoms with Gasteiger partial charge in [0.25, 0.3) is 0 Å². The molecular formula is C14H21NO4. The van der Waals surface area contributed by atoms with Crippen LogP contribution in [0.1, 0.15) is 24.5 Å². The van der Waals surface area contributed by atoms with Crippen molar-refractivity contribution in [3.05, 3.63) is 23.8 Å². The molecule has 1 aliphatic rings. The first kappa shape index (κ1) is 14.1. The SMILES string of the molecule is COc1c(OC2CCCOC2)cccc1C(O)CN. The number of benzene rings is 1. The van der Waals surface area contributed by atoms with Gasteiger partial charge in [-0.15, -0.1) is 0 Å². The van der Waals surface area contributed by atoms with Crippen LogP contribution in [0.3, 0.4) is 0 Å². The summed E-state index contributed by atoms with van der Waals surface area (Å²) in [6, 6.07) is 5.45. The minimum atomic E-state index is -0.749. The zero-order valence-electron chi connectivity index (χ0n) is 11.2. The molecule has 2 unspecified atom stereocenters. The van der Waals surface area contributed by atoms with Crippen LogP contribution >= 0.6 is 0 Å². The standard InChI is InChI=1S/C14H21NO4/c1-17-14-11(12(16)8-15)5-2-6-13(14)19-10-4-3-7-18-9-10/h2,5-6,10,12,16H,3-4,7-9,15H2,1H3. The number of para-hydroxylation sites is 1. The van der Waals surface area contributed by atoms with Gasteiger partial charge in [0.1, 0.15) is 6.10 Å². The van der Waals surface area contributed by atoms with Gasteiger partial charge in [-0.25, -0.2) is 0 Å². The summed E-state index contributed by atoms with van der Waals surface area (Å²) in [7, 11) is 1.56. The van der Waals surface area contributed by atoms with Crippen molar-refractivity contribution < 1.29 is 19.3 Å². The van der Waals surface area contributed by atoms with E-state index in [0.29, 0.717) is 23.7 Å². The van der Waals surface area contributed by atoms with E-state index in [1.54, 1.807) is 13.2 Å². The first-order valence-electron chi connectivity index (χ1n) is 6.55. The van der Waals surface area contributed by atoms with Gasteiger partial charge < -0.3 is 25.1 Å². The highest BCUT2D eigenvalue weighted by molar-refractivity contribution is 5.47. The van der Waals surface area contributed by atoms with Crippen LogP contribution in [0, 0.1) is 0 Å². The predicted molar refractivity (Wildman–Crippen MR) is 71.5 cm³/mol. The third-order valence-corrected chi connectivity index (χ3v) is 3.21. The van der Waals surface area contributed by atoms with Crippen LogP contribution in [-0.2, 0) is 4.74 Å². The molecule has 1 aliphatic heterocycles. The van der Waals surface area contributed by atoms with E-state index in [9.17, 15) is 5.11 Å². The Hall–Kier alpha value is -1.30. The Morgan fingerprint density at radius 3 is 3.00 bits per heavy atom. The Kier molecular flexibility index (Phi) is 5.01. The van der Waals surface area contributed by atoms with Crippen LogP contribution in [0.15, 0.2) is 18.2 Å². The highest BCUT2D eigenvalue weighted by Crippen LogP contribution is 2.35. The number of nitrogens with two attached hydrogens (primary N) is 1. The van der Waals surface area contributed by atoms with Crippen LogP contribution in [0.25, 0.3) is 0 Å². The maximum absolute atomic E-state index is 9.89. The molecule has 1 saturated heterocycles. The summed E-state index contributed by atoms with van der Waals surface area (Å²) in [6.07, 6.45) is 1.25. The van der Waals surface area contributed by atoms with E-state index in [-0.39, 0.29) is 12.6 Å². The molecule has 5 nitrogen and oxygen atoms in total. The van der Waals surface area contributed by atoms with E-state index in [1.807, 2.05) is 12.1 Å². The lowest BCUT2D eigenvalue weighted by Crippen LogP contribution is -2.28. The number of hydrogen-bond acceptors (Lipinski definition) is 5. The summed E-state index contributed by atoms with van der Waals surface area (Å²) in [5, 5.41) is 9.89. The normalized spacial score (nSPS) is 20.9. The second-order valence-corrected chi connectivity index (χ2v) is 4.59. The lowest BCUT2D eigenvalue weighted by Gasteiger charge is -2.25. The highest BCUT2D eigenvalue weighted by atomic mass is 16.5. The third kappa shape index (κ3) is 3.37. The lowest BCUT2D eigenvalue weighted by atomic mass is 10.1. The molecule has 19 heavy (non-hydrogen) atoms. The molecule has 0 saturated carbocycles. The molecule has 0 aromatic heterocycles. The second kappa shape index (κ2) is 6.75. The average molecular weight is 267 g/mol. The first-order valence-corrected chi connectivity index (χ1v) is 6.55. The summed E-state index contributed by atoms with van der Waals surface area (Å²) in [5.74, 6) is 1.18. The minimum absolute atomic E-state index is 0.0351. The molecule has 1 aromatic rings. The van der Waals surface area contributed by atoms with Gasteiger partial charge in [0.15, 0.2) is 11.5 Å². The zero-order chi connectivity index (χ0) is 13.7. The Morgan fingerprint density at radius 2 is 2.37 bits per heavy atom. The van der Waals surface area contributed by atoms with Crippen molar-refractivity contribution in [2.45, 2.75) is 25.0 Å². The number of methoxy groups -OCH3 is 1. The predicted octanol–water partition coefficient (Wildman–Crippen LogP) is 1.25. The maximum Gasteiger partial charge on any atom is 0.166 e. The Balaban J connectivity index is 2.19. The summed E-state index contributed by atoms with van der Waals surface area (Å²) >= 11 is 0. The van der Waals surface area contributed by atoms with Gasteiger partial charge in [-0.2, -0.15) is 0 Å². The highest BCUT2D eigenvalue weighted by Gasteiger charge is 2.20. The third-order valence-electron chi connectivity index (χ3n) is 3.21. The van der Waals surface area contributed by atoms with Crippen molar-refractivity contribution in [2.75, 3.05) is 26.9 Å².